The molecule has 1 fully saturated rings. The van der Waals surface area contributed by atoms with Gasteiger partial charge in [0.05, 0.1) is 0 Å². The second-order valence-corrected chi connectivity index (χ2v) is 5.21. The van der Waals surface area contributed by atoms with Gasteiger partial charge in [-0.1, -0.05) is 25.7 Å². The van der Waals surface area contributed by atoms with Gasteiger partial charge >= 0.3 is 5.69 Å². The van der Waals surface area contributed by atoms with E-state index in [2.05, 4.69) is 10.2 Å². The van der Waals surface area contributed by atoms with Gasteiger partial charge in [-0.2, -0.15) is 5.10 Å². The molecule has 2 rings (SSSR count). The molecule has 0 aliphatic heterocycles. The van der Waals surface area contributed by atoms with Crippen LogP contribution in [0.4, 0.5) is 0 Å². The largest absolute Gasteiger partial charge is 0.343 e. The first-order valence-corrected chi connectivity index (χ1v) is 7.19. The minimum absolute atomic E-state index is 0.0317. The Morgan fingerprint density at radius 3 is 2.72 bits per heavy atom. The van der Waals surface area contributed by atoms with Crippen molar-refractivity contribution >= 4 is 0 Å². The number of nitrogens with one attached hydrogen (secondary N) is 1. The number of aromatic nitrogens is 3. The van der Waals surface area contributed by atoms with E-state index in [9.17, 15) is 4.79 Å². The number of rotatable bonds is 6. The van der Waals surface area contributed by atoms with Crippen LogP contribution in [0.15, 0.2) is 4.79 Å². The van der Waals surface area contributed by atoms with Crippen molar-refractivity contribution in [3.63, 3.8) is 0 Å². The Hall–Kier alpha value is -1.10. The van der Waals surface area contributed by atoms with E-state index >= 15 is 0 Å². The maximum absolute atomic E-state index is 11.9. The van der Waals surface area contributed by atoms with Crippen LogP contribution in [-0.4, -0.2) is 21.3 Å². The third-order valence-corrected chi connectivity index (χ3v) is 3.82. The predicted octanol–water partition coefficient (Wildman–Crippen LogP) is 1.75. The Morgan fingerprint density at radius 2 is 2.00 bits per heavy atom. The van der Waals surface area contributed by atoms with Crippen LogP contribution in [0.25, 0.3) is 0 Å². The van der Waals surface area contributed by atoms with Crippen molar-refractivity contribution in [2.75, 3.05) is 6.54 Å². The van der Waals surface area contributed by atoms with Crippen molar-refractivity contribution in [1.29, 1.82) is 0 Å². The molecule has 1 aliphatic rings. The van der Waals surface area contributed by atoms with Crippen LogP contribution in [0.3, 0.4) is 0 Å². The maximum atomic E-state index is 11.9. The van der Waals surface area contributed by atoms with E-state index in [0.29, 0.717) is 6.04 Å². The van der Waals surface area contributed by atoms with Crippen molar-refractivity contribution in [1.82, 2.24) is 14.8 Å². The standard InChI is InChI=1S/C13H24N4O/c14-10-6-2-5-9-12-15-16-13(18)17(12)11-7-3-1-4-8-11/h11H,1-10,14H2,(H,16,18). The van der Waals surface area contributed by atoms with Gasteiger partial charge in [-0.05, 0) is 32.2 Å². The number of aromatic amines is 1. The summed E-state index contributed by atoms with van der Waals surface area (Å²) in [6, 6.07) is 0.370. The van der Waals surface area contributed by atoms with Crippen LogP contribution >= 0.6 is 0 Å². The lowest BCUT2D eigenvalue weighted by Gasteiger charge is -2.23. The van der Waals surface area contributed by atoms with Crippen LogP contribution < -0.4 is 11.4 Å². The van der Waals surface area contributed by atoms with Gasteiger partial charge in [0.1, 0.15) is 5.82 Å². The number of nitrogens with two attached hydrogens (primary N) is 1. The smallest absolute Gasteiger partial charge is 0.330 e. The summed E-state index contributed by atoms with van der Waals surface area (Å²) in [5.41, 5.74) is 5.45. The zero-order chi connectivity index (χ0) is 12.8. The summed E-state index contributed by atoms with van der Waals surface area (Å²) < 4.78 is 1.90. The van der Waals surface area contributed by atoms with E-state index in [1.807, 2.05) is 4.57 Å². The fourth-order valence-corrected chi connectivity index (χ4v) is 2.83. The van der Waals surface area contributed by atoms with Gasteiger partial charge in [0.25, 0.3) is 0 Å². The fraction of sp³-hybridized carbons (Fsp3) is 0.846. The number of aryl methyl sites for hydroxylation is 1. The Morgan fingerprint density at radius 1 is 1.22 bits per heavy atom. The number of H-pyrrole nitrogens is 1. The Kier molecular flexibility index (Phi) is 4.99. The summed E-state index contributed by atoms with van der Waals surface area (Å²) in [7, 11) is 0. The van der Waals surface area contributed by atoms with E-state index in [4.69, 9.17) is 5.73 Å². The Labute approximate surface area is 108 Å². The lowest BCUT2D eigenvalue weighted by atomic mass is 9.95. The molecule has 0 atom stereocenters. The molecule has 0 unspecified atom stereocenters. The van der Waals surface area contributed by atoms with Crippen LogP contribution in [0.2, 0.25) is 0 Å². The minimum atomic E-state index is -0.0317. The van der Waals surface area contributed by atoms with Crippen molar-refractivity contribution in [2.24, 2.45) is 5.73 Å². The first-order valence-electron chi connectivity index (χ1n) is 7.19. The molecule has 0 saturated heterocycles. The Bertz CT molecular complexity index is 403. The third kappa shape index (κ3) is 3.22. The normalized spacial score (nSPS) is 17.2. The van der Waals surface area contributed by atoms with E-state index in [-0.39, 0.29) is 5.69 Å². The molecule has 1 aromatic heterocycles. The molecule has 1 aliphatic carbocycles. The molecule has 0 bridgehead atoms. The van der Waals surface area contributed by atoms with Crippen molar-refractivity contribution in [2.45, 2.75) is 63.8 Å². The van der Waals surface area contributed by atoms with Gasteiger partial charge in [0.15, 0.2) is 0 Å². The lowest BCUT2D eigenvalue weighted by Crippen LogP contribution is -2.26. The molecule has 3 N–H and O–H groups in total. The summed E-state index contributed by atoms with van der Waals surface area (Å²) in [5.74, 6) is 0.934. The second-order valence-electron chi connectivity index (χ2n) is 5.21. The number of unbranched alkanes of at least 4 members (excludes halogenated alkanes) is 2. The molecular weight excluding hydrogens is 228 g/mol. The molecule has 102 valence electrons. The summed E-state index contributed by atoms with van der Waals surface area (Å²) in [4.78, 5) is 11.9. The fourth-order valence-electron chi connectivity index (χ4n) is 2.83. The molecule has 0 radical (unpaired) electrons. The highest BCUT2D eigenvalue weighted by molar-refractivity contribution is 4.91. The molecule has 5 nitrogen and oxygen atoms in total. The molecule has 5 heteroatoms. The molecule has 0 aromatic carbocycles. The zero-order valence-corrected chi connectivity index (χ0v) is 11.0. The van der Waals surface area contributed by atoms with Gasteiger partial charge in [-0.3, -0.25) is 4.57 Å². The maximum Gasteiger partial charge on any atom is 0.343 e. The van der Waals surface area contributed by atoms with Gasteiger partial charge in [0.2, 0.25) is 0 Å². The average Bonchev–Trinajstić information content (AvgIpc) is 2.77. The second kappa shape index (κ2) is 6.73. The minimum Gasteiger partial charge on any atom is -0.330 e. The molecule has 0 spiro atoms. The average molecular weight is 252 g/mol. The predicted molar refractivity (Wildman–Crippen MR) is 71.6 cm³/mol. The van der Waals surface area contributed by atoms with E-state index < -0.39 is 0 Å². The summed E-state index contributed by atoms with van der Waals surface area (Å²) in [6.45, 7) is 0.746. The van der Waals surface area contributed by atoms with Crippen LogP contribution in [0.5, 0.6) is 0 Å². The van der Waals surface area contributed by atoms with Gasteiger partial charge < -0.3 is 5.73 Å². The first-order chi connectivity index (χ1) is 8.83. The van der Waals surface area contributed by atoms with Crippen molar-refractivity contribution < 1.29 is 0 Å². The van der Waals surface area contributed by atoms with Gasteiger partial charge in [0, 0.05) is 12.5 Å². The Balaban J connectivity index is 1.99. The third-order valence-electron chi connectivity index (χ3n) is 3.82. The van der Waals surface area contributed by atoms with Crippen molar-refractivity contribution in [3.05, 3.63) is 16.3 Å². The van der Waals surface area contributed by atoms with Crippen molar-refractivity contribution in [3.8, 4) is 0 Å². The molecule has 1 aromatic rings. The first kappa shape index (κ1) is 13.3. The molecule has 1 saturated carbocycles. The highest BCUT2D eigenvalue weighted by atomic mass is 16.1. The van der Waals surface area contributed by atoms with E-state index in [1.165, 1.54) is 19.3 Å². The SMILES string of the molecule is NCCCCCc1n[nH]c(=O)n1C1CCCCC1. The summed E-state index contributed by atoms with van der Waals surface area (Å²) >= 11 is 0. The monoisotopic (exact) mass is 252 g/mol. The topological polar surface area (TPSA) is 76.7 Å². The van der Waals surface area contributed by atoms with E-state index in [1.54, 1.807) is 0 Å². The highest BCUT2D eigenvalue weighted by Crippen LogP contribution is 2.27. The zero-order valence-electron chi connectivity index (χ0n) is 11.0. The molecule has 18 heavy (non-hydrogen) atoms. The van der Waals surface area contributed by atoms with Crippen LogP contribution in [0.1, 0.15) is 63.2 Å². The van der Waals surface area contributed by atoms with Gasteiger partial charge in [-0.15, -0.1) is 0 Å². The number of nitrogens with zero attached hydrogens (tertiary/aromatic N) is 2. The molecular formula is C13H24N4O. The van der Waals surface area contributed by atoms with E-state index in [0.717, 1.165) is 50.9 Å². The summed E-state index contributed by atoms with van der Waals surface area (Å²) in [6.07, 6.45) is 10.1. The molecule has 0 amide bonds. The van der Waals surface area contributed by atoms with Crippen LogP contribution in [0, 0.1) is 0 Å². The molecule has 1 heterocycles. The van der Waals surface area contributed by atoms with Gasteiger partial charge in [-0.25, -0.2) is 9.89 Å². The van der Waals surface area contributed by atoms with Crippen LogP contribution in [-0.2, 0) is 6.42 Å². The highest BCUT2D eigenvalue weighted by Gasteiger charge is 2.20. The quantitative estimate of drug-likeness (QED) is 0.757. The lowest BCUT2D eigenvalue weighted by molar-refractivity contribution is 0.338. The number of hydrogen-bond donors (Lipinski definition) is 2. The summed E-state index contributed by atoms with van der Waals surface area (Å²) in [5, 5.41) is 6.79. The number of hydrogen-bond acceptors (Lipinski definition) is 3.